The molecule has 2 N–H and O–H groups in total. The maximum absolute atomic E-state index is 10.3. The van der Waals surface area contributed by atoms with Gasteiger partial charge in [0.2, 0.25) is 0 Å². The van der Waals surface area contributed by atoms with E-state index in [1.165, 1.54) is 0 Å². The van der Waals surface area contributed by atoms with E-state index in [4.69, 9.17) is 9.84 Å². The van der Waals surface area contributed by atoms with E-state index >= 15 is 0 Å². The molecule has 0 aromatic heterocycles. The molecule has 4 nitrogen and oxygen atoms in total. The molecule has 0 aromatic rings. The zero-order valence-corrected chi connectivity index (χ0v) is 7.60. The van der Waals surface area contributed by atoms with Gasteiger partial charge in [0, 0.05) is 19.0 Å². The fraction of sp³-hybridized carbons (Fsp3) is 0.857. The molecule has 0 radical (unpaired) electrons. The Morgan fingerprint density at radius 3 is 3.08 bits per heavy atom. The van der Waals surface area contributed by atoms with Gasteiger partial charge in [-0.3, -0.25) is 4.79 Å². The second-order valence-electron chi connectivity index (χ2n) is 2.74. The summed E-state index contributed by atoms with van der Waals surface area (Å²) in [6, 6.07) is 0. The highest BCUT2D eigenvalue weighted by atomic mass is 35.5. The number of carboxylic acid groups (broad SMARTS) is 1. The molecule has 72 valence electrons. The zero-order chi connectivity index (χ0) is 8.10. The number of ether oxygens (including phenoxy) is 1. The normalized spacial score (nSPS) is 23.8. The van der Waals surface area contributed by atoms with E-state index < -0.39 is 5.97 Å². The molecule has 1 aliphatic rings. The summed E-state index contributed by atoms with van der Waals surface area (Å²) in [4.78, 5) is 10.3. The Balaban J connectivity index is 0.00000121. The first-order valence-electron chi connectivity index (χ1n) is 3.79. The molecular weight excluding hydrogens is 182 g/mol. The van der Waals surface area contributed by atoms with Gasteiger partial charge in [0.1, 0.15) is 0 Å². The summed E-state index contributed by atoms with van der Waals surface area (Å²) in [6.07, 6.45) is 0.201. The molecule has 0 aromatic carbocycles. The highest BCUT2D eigenvalue weighted by molar-refractivity contribution is 5.85. The number of carboxylic acids is 1. The fourth-order valence-corrected chi connectivity index (χ4v) is 1.14. The molecule has 1 heterocycles. The molecule has 1 saturated heterocycles. The van der Waals surface area contributed by atoms with E-state index in [0.717, 1.165) is 13.1 Å². The Morgan fingerprint density at radius 2 is 2.42 bits per heavy atom. The topological polar surface area (TPSA) is 58.6 Å². The molecule has 0 saturated carbocycles. The number of halogens is 1. The number of rotatable bonds is 2. The Kier molecular flexibility index (Phi) is 6.06. The van der Waals surface area contributed by atoms with Gasteiger partial charge < -0.3 is 15.2 Å². The number of carbonyl (C=O) groups is 1. The summed E-state index contributed by atoms with van der Waals surface area (Å²) in [5, 5.41) is 11.6. The van der Waals surface area contributed by atoms with Gasteiger partial charge in [-0.1, -0.05) is 0 Å². The van der Waals surface area contributed by atoms with Crippen molar-refractivity contribution in [3.8, 4) is 0 Å². The SMILES string of the molecule is Cl.O=C(O)CC1CNCCOC1. The standard InChI is InChI=1S/C7H13NO3.ClH/c9-7(10)3-6-4-8-1-2-11-5-6;/h6,8H,1-5H2,(H,9,10);1H. The summed E-state index contributed by atoms with van der Waals surface area (Å²) in [7, 11) is 0. The van der Waals surface area contributed by atoms with E-state index in [1.807, 2.05) is 0 Å². The summed E-state index contributed by atoms with van der Waals surface area (Å²) in [5.74, 6) is -0.614. The van der Waals surface area contributed by atoms with Crippen LogP contribution >= 0.6 is 12.4 Å². The first kappa shape index (κ1) is 11.7. The van der Waals surface area contributed by atoms with Gasteiger partial charge >= 0.3 is 5.97 Å². The maximum atomic E-state index is 10.3. The Hall–Kier alpha value is -0.320. The quantitative estimate of drug-likeness (QED) is 0.657. The van der Waals surface area contributed by atoms with Gasteiger partial charge in [-0.25, -0.2) is 0 Å². The zero-order valence-electron chi connectivity index (χ0n) is 6.78. The minimum Gasteiger partial charge on any atom is -0.481 e. The van der Waals surface area contributed by atoms with Gasteiger partial charge in [-0.15, -0.1) is 12.4 Å². The molecule has 0 aliphatic carbocycles. The van der Waals surface area contributed by atoms with Crippen molar-refractivity contribution in [2.45, 2.75) is 6.42 Å². The Bertz CT molecular complexity index is 135. The van der Waals surface area contributed by atoms with Gasteiger partial charge in [-0.2, -0.15) is 0 Å². The van der Waals surface area contributed by atoms with E-state index in [2.05, 4.69) is 5.32 Å². The summed E-state index contributed by atoms with van der Waals surface area (Å²) in [6.45, 7) is 2.85. The van der Waals surface area contributed by atoms with Crippen LogP contribution in [-0.4, -0.2) is 37.4 Å². The number of aliphatic carboxylic acids is 1. The molecule has 1 rings (SSSR count). The maximum Gasteiger partial charge on any atom is 0.303 e. The number of hydrogen-bond donors (Lipinski definition) is 2. The predicted molar refractivity (Wildman–Crippen MR) is 46.7 cm³/mol. The third kappa shape index (κ3) is 4.54. The van der Waals surface area contributed by atoms with Crippen molar-refractivity contribution in [1.82, 2.24) is 5.32 Å². The Labute approximate surface area is 77.7 Å². The molecule has 5 heteroatoms. The second-order valence-corrected chi connectivity index (χ2v) is 2.74. The summed E-state index contributed by atoms with van der Waals surface area (Å²) in [5.41, 5.74) is 0. The van der Waals surface area contributed by atoms with E-state index in [9.17, 15) is 4.79 Å². The third-order valence-electron chi connectivity index (χ3n) is 1.67. The highest BCUT2D eigenvalue weighted by Gasteiger charge is 2.14. The molecular formula is C7H14ClNO3. The summed E-state index contributed by atoms with van der Waals surface area (Å²) < 4.78 is 5.18. The number of hydrogen-bond acceptors (Lipinski definition) is 3. The van der Waals surface area contributed by atoms with E-state index in [-0.39, 0.29) is 24.7 Å². The van der Waals surface area contributed by atoms with Crippen LogP contribution in [0.25, 0.3) is 0 Å². The van der Waals surface area contributed by atoms with Gasteiger partial charge in [0.15, 0.2) is 0 Å². The van der Waals surface area contributed by atoms with Crippen LogP contribution in [0.3, 0.4) is 0 Å². The van der Waals surface area contributed by atoms with Crippen LogP contribution in [0.5, 0.6) is 0 Å². The van der Waals surface area contributed by atoms with Gasteiger partial charge in [-0.05, 0) is 0 Å². The van der Waals surface area contributed by atoms with Crippen LogP contribution in [0, 0.1) is 5.92 Å². The van der Waals surface area contributed by atoms with Crippen LogP contribution in [0.15, 0.2) is 0 Å². The van der Waals surface area contributed by atoms with Crippen LogP contribution in [-0.2, 0) is 9.53 Å². The van der Waals surface area contributed by atoms with Crippen molar-refractivity contribution in [3.63, 3.8) is 0 Å². The van der Waals surface area contributed by atoms with Crippen molar-refractivity contribution in [3.05, 3.63) is 0 Å². The minimum atomic E-state index is -0.748. The lowest BCUT2D eigenvalue weighted by atomic mass is 10.1. The molecule has 1 fully saturated rings. The Morgan fingerprint density at radius 1 is 1.67 bits per heavy atom. The van der Waals surface area contributed by atoms with Crippen molar-refractivity contribution in [1.29, 1.82) is 0 Å². The van der Waals surface area contributed by atoms with Crippen molar-refractivity contribution in [2.24, 2.45) is 5.92 Å². The van der Waals surface area contributed by atoms with Crippen molar-refractivity contribution < 1.29 is 14.6 Å². The van der Waals surface area contributed by atoms with Crippen molar-refractivity contribution in [2.75, 3.05) is 26.3 Å². The van der Waals surface area contributed by atoms with Crippen LogP contribution < -0.4 is 5.32 Å². The second kappa shape index (κ2) is 6.22. The predicted octanol–water partition coefficient (Wildman–Crippen LogP) is 0.119. The minimum absolute atomic E-state index is 0. The highest BCUT2D eigenvalue weighted by Crippen LogP contribution is 2.04. The lowest BCUT2D eigenvalue weighted by molar-refractivity contribution is -0.138. The first-order valence-corrected chi connectivity index (χ1v) is 3.79. The fourth-order valence-electron chi connectivity index (χ4n) is 1.14. The largest absolute Gasteiger partial charge is 0.481 e. The molecule has 1 atom stereocenters. The monoisotopic (exact) mass is 195 g/mol. The van der Waals surface area contributed by atoms with Crippen LogP contribution in [0.1, 0.15) is 6.42 Å². The van der Waals surface area contributed by atoms with E-state index in [0.29, 0.717) is 13.2 Å². The lowest BCUT2D eigenvalue weighted by Crippen LogP contribution is -2.24. The first-order chi connectivity index (χ1) is 5.29. The third-order valence-corrected chi connectivity index (χ3v) is 1.67. The number of nitrogens with one attached hydrogen (secondary N) is 1. The average Bonchev–Trinajstić information content (AvgIpc) is 2.14. The lowest BCUT2D eigenvalue weighted by Gasteiger charge is -2.09. The smallest absolute Gasteiger partial charge is 0.303 e. The molecule has 0 spiro atoms. The van der Waals surface area contributed by atoms with Gasteiger partial charge in [0.05, 0.1) is 19.6 Å². The van der Waals surface area contributed by atoms with E-state index in [1.54, 1.807) is 0 Å². The van der Waals surface area contributed by atoms with Crippen LogP contribution in [0.4, 0.5) is 0 Å². The van der Waals surface area contributed by atoms with Crippen LogP contribution in [0.2, 0.25) is 0 Å². The van der Waals surface area contributed by atoms with Crippen molar-refractivity contribution >= 4 is 18.4 Å². The van der Waals surface area contributed by atoms with Gasteiger partial charge in [0.25, 0.3) is 0 Å². The average molecular weight is 196 g/mol. The molecule has 12 heavy (non-hydrogen) atoms. The molecule has 0 bridgehead atoms. The molecule has 0 amide bonds. The molecule has 1 aliphatic heterocycles. The molecule has 1 unspecified atom stereocenters. The summed E-state index contributed by atoms with van der Waals surface area (Å²) >= 11 is 0.